The van der Waals surface area contributed by atoms with Crippen LogP contribution in [0.3, 0.4) is 0 Å². The van der Waals surface area contributed by atoms with Gasteiger partial charge in [0.05, 0.1) is 5.39 Å². The van der Waals surface area contributed by atoms with Crippen LogP contribution in [0, 0.1) is 4.91 Å². The largest absolute Gasteiger partial charge is 0.398 e. The lowest BCUT2D eigenvalue weighted by molar-refractivity contribution is -0.472. The van der Waals surface area contributed by atoms with Gasteiger partial charge in [-0.1, -0.05) is 18.2 Å². The molecular formula is C11H9N2O+. The van der Waals surface area contributed by atoms with Crippen LogP contribution in [0.25, 0.3) is 10.8 Å². The Morgan fingerprint density at radius 2 is 2.07 bits per heavy atom. The molecule has 0 saturated carbocycles. The van der Waals surface area contributed by atoms with Gasteiger partial charge in [-0.05, 0) is 6.07 Å². The van der Waals surface area contributed by atoms with Crippen LogP contribution in [0.4, 0.5) is 11.4 Å². The third-order valence-corrected chi connectivity index (χ3v) is 2.72. The van der Waals surface area contributed by atoms with Crippen molar-refractivity contribution < 1.29 is 4.76 Å². The number of nitroso groups, excluding NO2 is 1. The molecule has 14 heavy (non-hydrogen) atoms. The summed E-state index contributed by atoms with van der Waals surface area (Å²) in [6, 6.07) is 9.45. The third kappa shape index (κ3) is 0.763. The quantitative estimate of drug-likeness (QED) is 0.505. The van der Waals surface area contributed by atoms with Crippen LogP contribution in [-0.4, -0.2) is 4.76 Å². The second-order valence-corrected chi connectivity index (χ2v) is 3.55. The minimum Gasteiger partial charge on any atom is -0.398 e. The lowest BCUT2D eigenvalue weighted by Gasteiger charge is -1.98. The fourth-order valence-corrected chi connectivity index (χ4v) is 2.06. The first-order valence-electron chi connectivity index (χ1n) is 4.52. The molecule has 0 unspecified atom stereocenters. The highest BCUT2D eigenvalue weighted by molar-refractivity contribution is 6.01. The van der Waals surface area contributed by atoms with Crippen LogP contribution in [0.15, 0.2) is 30.3 Å². The Labute approximate surface area is 80.7 Å². The van der Waals surface area contributed by atoms with E-state index in [1.807, 2.05) is 18.2 Å². The van der Waals surface area contributed by atoms with Crippen LogP contribution in [0.2, 0.25) is 0 Å². The molecule has 0 aromatic heterocycles. The van der Waals surface area contributed by atoms with Gasteiger partial charge in [-0.15, -0.1) is 0 Å². The van der Waals surface area contributed by atoms with Crippen LogP contribution in [0.1, 0.15) is 5.56 Å². The van der Waals surface area contributed by atoms with E-state index < -0.39 is 0 Å². The lowest BCUT2D eigenvalue weighted by Crippen LogP contribution is -1.91. The fraction of sp³-hybridized carbons (Fsp3) is 0.0909. The lowest BCUT2D eigenvalue weighted by atomic mass is 10.0. The van der Waals surface area contributed by atoms with Crippen LogP contribution >= 0.6 is 0 Å². The maximum atomic E-state index is 11.5. The summed E-state index contributed by atoms with van der Waals surface area (Å²) in [5.74, 6) is 0. The van der Waals surface area contributed by atoms with E-state index in [0.717, 1.165) is 32.5 Å². The topological polar surface area (TPSA) is 46.1 Å². The molecule has 3 nitrogen and oxygen atoms in total. The smallest absolute Gasteiger partial charge is 0.264 e. The molecule has 0 fully saturated rings. The van der Waals surface area contributed by atoms with E-state index in [-0.39, 0.29) is 0 Å². The van der Waals surface area contributed by atoms with E-state index >= 15 is 0 Å². The SMILES string of the molecule is Nc1ccc2c3c(cccc13)C[N+]2=O. The van der Waals surface area contributed by atoms with E-state index in [1.54, 1.807) is 12.1 Å². The summed E-state index contributed by atoms with van der Waals surface area (Å²) in [5.41, 5.74) is 8.39. The molecular weight excluding hydrogens is 176 g/mol. The summed E-state index contributed by atoms with van der Waals surface area (Å²) in [6.45, 7) is 0.441. The molecule has 68 valence electrons. The van der Waals surface area contributed by atoms with E-state index in [4.69, 9.17) is 5.73 Å². The van der Waals surface area contributed by atoms with Gasteiger partial charge in [0, 0.05) is 32.4 Å². The van der Waals surface area contributed by atoms with Crippen LogP contribution in [0.5, 0.6) is 0 Å². The van der Waals surface area contributed by atoms with Gasteiger partial charge < -0.3 is 5.73 Å². The van der Waals surface area contributed by atoms with E-state index in [9.17, 15) is 4.91 Å². The number of anilines is 1. The van der Waals surface area contributed by atoms with Gasteiger partial charge in [0.1, 0.15) is 0 Å². The van der Waals surface area contributed by atoms with Gasteiger partial charge >= 0.3 is 0 Å². The van der Waals surface area contributed by atoms with Crippen molar-refractivity contribution in [3.8, 4) is 0 Å². The van der Waals surface area contributed by atoms with Crippen molar-refractivity contribution in [2.24, 2.45) is 0 Å². The summed E-state index contributed by atoms with van der Waals surface area (Å²) in [5, 5.41) is 2.00. The van der Waals surface area contributed by atoms with Crippen molar-refractivity contribution in [3.63, 3.8) is 0 Å². The Morgan fingerprint density at radius 1 is 1.21 bits per heavy atom. The summed E-state index contributed by atoms with van der Waals surface area (Å²) in [6.07, 6.45) is 0. The second-order valence-electron chi connectivity index (χ2n) is 3.55. The molecule has 2 N–H and O–H groups in total. The maximum Gasteiger partial charge on any atom is 0.264 e. The normalized spacial score (nSPS) is 13.9. The van der Waals surface area contributed by atoms with Gasteiger partial charge in [-0.2, -0.15) is 0 Å². The molecule has 1 heterocycles. The predicted molar refractivity (Wildman–Crippen MR) is 55.4 cm³/mol. The first-order valence-corrected chi connectivity index (χ1v) is 4.52. The molecule has 0 amide bonds. The Morgan fingerprint density at radius 3 is 2.93 bits per heavy atom. The molecule has 0 aliphatic carbocycles. The van der Waals surface area contributed by atoms with Crippen molar-refractivity contribution in [3.05, 3.63) is 40.8 Å². The molecule has 1 aliphatic heterocycles. The van der Waals surface area contributed by atoms with Crippen molar-refractivity contribution in [2.45, 2.75) is 6.54 Å². The van der Waals surface area contributed by atoms with Crippen molar-refractivity contribution in [1.82, 2.24) is 0 Å². The number of nitrogens with zero attached hydrogens (tertiary/aromatic N) is 1. The Bertz CT molecular complexity index is 560. The molecule has 0 bridgehead atoms. The number of nitrogens with two attached hydrogens (primary N) is 1. The first kappa shape index (κ1) is 7.50. The van der Waals surface area contributed by atoms with Gasteiger partial charge in [-0.25, -0.2) is 0 Å². The van der Waals surface area contributed by atoms with Gasteiger partial charge in [0.25, 0.3) is 5.69 Å². The zero-order valence-corrected chi connectivity index (χ0v) is 7.53. The summed E-state index contributed by atoms with van der Waals surface area (Å²) in [4.78, 5) is 11.5. The van der Waals surface area contributed by atoms with E-state index in [0.29, 0.717) is 6.54 Å². The number of benzene rings is 2. The molecule has 0 radical (unpaired) electrons. The van der Waals surface area contributed by atoms with Crippen molar-refractivity contribution in [1.29, 1.82) is 0 Å². The second kappa shape index (κ2) is 2.32. The number of nitrogen functional groups attached to an aromatic ring is 1. The molecule has 0 atom stereocenters. The zero-order chi connectivity index (χ0) is 9.71. The molecule has 2 aromatic rings. The van der Waals surface area contributed by atoms with Crippen LogP contribution < -0.4 is 5.73 Å². The van der Waals surface area contributed by atoms with Crippen molar-refractivity contribution in [2.75, 3.05) is 5.73 Å². The highest BCUT2D eigenvalue weighted by Gasteiger charge is 2.29. The first-order chi connectivity index (χ1) is 6.77. The van der Waals surface area contributed by atoms with Crippen LogP contribution in [-0.2, 0) is 6.54 Å². The summed E-state index contributed by atoms with van der Waals surface area (Å²) >= 11 is 0. The van der Waals surface area contributed by atoms with Crippen molar-refractivity contribution >= 4 is 22.1 Å². The summed E-state index contributed by atoms with van der Waals surface area (Å²) in [7, 11) is 0. The van der Waals surface area contributed by atoms with Gasteiger partial charge in [0.15, 0.2) is 0 Å². The highest BCUT2D eigenvalue weighted by atomic mass is 16.3. The monoisotopic (exact) mass is 185 g/mol. The molecule has 0 saturated heterocycles. The standard InChI is InChI=1S/C11H9N2O/c12-9-4-5-10-11-7(6-13(10)14)2-1-3-8(9)11/h1-5H,6,12H2/q+1. The third-order valence-electron chi connectivity index (χ3n) is 2.72. The fourth-order valence-electron chi connectivity index (χ4n) is 2.06. The average molecular weight is 185 g/mol. The highest BCUT2D eigenvalue weighted by Crippen LogP contribution is 2.38. The zero-order valence-electron chi connectivity index (χ0n) is 7.53. The number of rotatable bonds is 0. The molecule has 2 aromatic carbocycles. The summed E-state index contributed by atoms with van der Waals surface area (Å²) < 4.78 is 1.01. The maximum absolute atomic E-state index is 11.5. The van der Waals surface area contributed by atoms with E-state index in [1.165, 1.54) is 0 Å². The number of hydrogen-bond acceptors (Lipinski definition) is 2. The minimum atomic E-state index is 0.441. The Balaban J connectivity index is 2.59. The molecule has 1 aliphatic rings. The predicted octanol–water partition coefficient (Wildman–Crippen LogP) is 2.35. The Hall–Kier alpha value is -1.90. The molecule has 0 spiro atoms. The minimum absolute atomic E-state index is 0.441. The average Bonchev–Trinajstić information content (AvgIpc) is 2.50. The molecule has 3 rings (SSSR count). The molecule has 3 heteroatoms. The Kier molecular flexibility index (Phi) is 1.24. The number of hydrogen-bond donors (Lipinski definition) is 1. The van der Waals surface area contributed by atoms with Gasteiger partial charge in [-0.3, -0.25) is 0 Å². The van der Waals surface area contributed by atoms with E-state index in [2.05, 4.69) is 0 Å². The van der Waals surface area contributed by atoms with Gasteiger partial charge in [0.2, 0.25) is 6.54 Å².